The maximum atomic E-state index is 14.7. The number of nitrogens with zero attached hydrogens (tertiary/aromatic N) is 2. The number of hydrogen-bond donors (Lipinski definition) is 0. The molecular formula is C25H25FN2O4S2. The fourth-order valence-corrected chi connectivity index (χ4v) is 6.10. The Hall–Kier alpha value is -3.17. The van der Waals surface area contributed by atoms with Crippen molar-refractivity contribution >= 4 is 37.5 Å². The van der Waals surface area contributed by atoms with Crippen LogP contribution in [0, 0.1) is 5.82 Å². The van der Waals surface area contributed by atoms with Gasteiger partial charge >= 0.3 is 6.09 Å². The van der Waals surface area contributed by atoms with Gasteiger partial charge in [0.2, 0.25) is 0 Å². The van der Waals surface area contributed by atoms with E-state index in [9.17, 15) is 17.6 Å². The van der Waals surface area contributed by atoms with Crippen molar-refractivity contribution in [3.8, 4) is 11.3 Å². The molecule has 0 atom stereocenters. The Balaban J connectivity index is 1.82. The second-order valence-electron chi connectivity index (χ2n) is 8.94. The minimum absolute atomic E-state index is 0.0849. The Morgan fingerprint density at radius 3 is 2.56 bits per heavy atom. The number of amides is 1. The summed E-state index contributed by atoms with van der Waals surface area (Å²) in [6.45, 7) is 5.39. The minimum atomic E-state index is -4.07. The summed E-state index contributed by atoms with van der Waals surface area (Å²) in [5, 5.41) is 2.44. The summed E-state index contributed by atoms with van der Waals surface area (Å²) in [7, 11) is -2.51. The van der Waals surface area contributed by atoms with Crippen LogP contribution < -0.4 is 0 Å². The molecule has 0 radical (unpaired) electrons. The Morgan fingerprint density at radius 1 is 1.12 bits per heavy atom. The van der Waals surface area contributed by atoms with E-state index < -0.39 is 27.5 Å². The van der Waals surface area contributed by atoms with E-state index in [1.165, 1.54) is 34.6 Å². The van der Waals surface area contributed by atoms with Gasteiger partial charge in [-0.15, -0.1) is 11.3 Å². The van der Waals surface area contributed by atoms with Crippen LogP contribution in [0.3, 0.4) is 0 Å². The lowest BCUT2D eigenvalue weighted by atomic mass is 10.1. The largest absolute Gasteiger partial charge is 0.444 e. The third-order valence-electron chi connectivity index (χ3n) is 5.11. The van der Waals surface area contributed by atoms with Crippen LogP contribution in [0.1, 0.15) is 26.3 Å². The van der Waals surface area contributed by atoms with Gasteiger partial charge in [-0.1, -0.05) is 18.2 Å². The summed E-state index contributed by atoms with van der Waals surface area (Å²) in [5.41, 5.74) is 0.179. The fourth-order valence-electron chi connectivity index (χ4n) is 3.62. The van der Waals surface area contributed by atoms with Crippen LogP contribution in [-0.4, -0.2) is 36.0 Å². The SMILES string of the molecule is CN(Cc1cc(-c2ccccc2F)n(S(=O)(=O)c2cccc3sccc23)c1)C(=O)OC(C)(C)C. The van der Waals surface area contributed by atoms with E-state index in [1.807, 2.05) is 11.4 Å². The molecule has 0 saturated carbocycles. The molecule has 1 amide bonds. The molecule has 0 bridgehead atoms. The summed E-state index contributed by atoms with van der Waals surface area (Å²) in [4.78, 5) is 13.9. The summed E-state index contributed by atoms with van der Waals surface area (Å²) in [6.07, 6.45) is 0.891. The first kappa shape index (κ1) is 24.0. The average Bonchev–Trinajstić information content (AvgIpc) is 3.40. The number of rotatable bonds is 5. The Labute approximate surface area is 202 Å². The molecule has 178 valence electrons. The van der Waals surface area contributed by atoms with Crippen molar-refractivity contribution in [3.63, 3.8) is 0 Å². The van der Waals surface area contributed by atoms with E-state index in [2.05, 4.69) is 0 Å². The molecule has 2 aromatic heterocycles. The van der Waals surface area contributed by atoms with Crippen LogP contribution >= 0.6 is 11.3 Å². The van der Waals surface area contributed by atoms with Crippen LogP contribution in [0.2, 0.25) is 0 Å². The standard InChI is InChI=1S/C25H25FN2O4S2/c1-25(2,3)32-24(29)27(4)15-17-14-21(18-8-5-6-9-20(18)26)28(16-17)34(30,31)23-11-7-10-22-19(23)12-13-33-22/h5-14,16H,15H2,1-4H3. The number of ether oxygens (including phenoxy) is 1. The molecule has 0 spiro atoms. The molecule has 6 nitrogen and oxygen atoms in total. The van der Waals surface area contributed by atoms with Gasteiger partial charge in [0.1, 0.15) is 11.4 Å². The van der Waals surface area contributed by atoms with Crippen molar-refractivity contribution in [3.05, 3.63) is 77.6 Å². The van der Waals surface area contributed by atoms with Gasteiger partial charge in [-0.05, 0) is 68.1 Å². The van der Waals surface area contributed by atoms with Crippen molar-refractivity contribution in [2.75, 3.05) is 7.05 Å². The molecule has 0 unspecified atom stereocenters. The lowest BCUT2D eigenvalue weighted by molar-refractivity contribution is 0.0285. The number of carbonyl (C=O) groups is 1. The van der Waals surface area contributed by atoms with E-state index >= 15 is 0 Å². The zero-order valence-corrected chi connectivity index (χ0v) is 20.9. The summed E-state index contributed by atoms with van der Waals surface area (Å²) < 4.78 is 49.7. The van der Waals surface area contributed by atoms with Gasteiger partial charge in [0.05, 0.1) is 17.1 Å². The average molecular weight is 501 g/mol. The van der Waals surface area contributed by atoms with Crippen molar-refractivity contribution in [1.29, 1.82) is 0 Å². The van der Waals surface area contributed by atoms with Crippen LogP contribution in [0.15, 0.2) is 71.1 Å². The predicted octanol–water partition coefficient (Wildman–Crippen LogP) is 6.11. The molecule has 2 aromatic carbocycles. The lowest BCUT2D eigenvalue weighted by Gasteiger charge is -2.24. The Kier molecular flexibility index (Phi) is 6.26. The topological polar surface area (TPSA) is 68.6 Å². The maximum Gasteiger partial charge on any atom is 0.410 e. The molecule has 0 aliphatic rings. The monoisotopic (exact) mass is 500 g/mol. The molecule has 0 saturated heterocycles. The van der Waals surface area contributed by atoms with Crippen molar-refractivity contribution in [2.24, 2.45) is 0 Å². The summed E-state index contributed by atoms with van der Waals surface area (Å²) >= 11 is 1.45. The van der Waals surface area contributed by atoms with Gasteiger partial charge in [-0.2, -0.15) is 0 Å². The van der Waals surface area contributed by atoms with Crippen molar-refractivity contribution < 1.29 is 22.3 Å². The maximum absolute atomic E-state index is 14.7. The smallest absolute Gasteiger partial charge is 0.410 e. The summed E-state index contributed by atoms with van der Waals surface area (Å²) in [6, 6.07) is 14.4. The highest BCUT2D eigenvalue weighted by atomic mass is 32.2. The second-order valence-corrected chi connectivity index (χ2v) is 11.7. The normalized spacial score (nSPS) is 12.1. The third-order valence-corrected chi connectivity index (χ3v) is 7.72. The highest BCUT2D eigenvalue weighted by Crippen LogP contribution is 2.33. The van der Waals surface area contributed by atoms with Crippen LogP contribution in [0.5, 0.6) is 0 Å². The van der Waals surface area contributed by atoms with E-state index in [1.54, 1.807) is 64.2 Å². The minimum Gasteiger partial charge on any atom is -0.444 e. The van der Waals surface area contributed by atoms with Gasteiger partial charge in [0.15, 0.2) is 0 Å². The zero-order chi connectivity index (χ0) is 24.7. The fraction of sp³-hybridized carbons (Fsp3) is 0.240. The predicted molar refractivity (Wildman–Crippen MR) is 132 cm³/mol. The number of benzene rings is 2. The zero-order valence-electron chi connectivity index (χ0n) is 19.3. The van der Waals surface area contributed by atoms with Gasteiger partial charge in [-0.3, -0.25) is 0 Å². The first-order chi connectivity index (χ1) is 16.0. The quantitative estimate of drug-likeness (QED) is 0.331. The molecule has 4 aromatic rings. The van der Waals surface area contributed by atoms with E-state index in [0.29, 0.717) is 10.9 Å². The number of halogens is 1. The number of hydrogen-bond acceptors (Lipinski definition) is 5. The highest BCUT2D eigenvalue weighted by Gasteiger charge is 2.26. The molecular weight excluding hydrogens is 475 g/mol. The number of aromatic nitrogens is 1. The number of fused-ring (bicyclic) bond motifs is 1. The van der Waals surface area contributed by atoms with Crippen molar-refractivity contribution in [2.45, 2.75) is 37.8 Å². The second kappa shape index (κ2) is 8.88. The highest BCUT2D eigenvalue weighted by molar-refractivity contribution is 7.90. The van der Waals surface area contributed by atoms with E-state index in [4.69, 9.17) is 4.74 Å². The lowest BCUT2D eigenvalue weighted by Crippen LogP contribution is -2.33. The van der Waals surface area contributed by atoms with E-state index in [0.717, 1.165) is 8.67 Å². The first-order valence-electron chi connectivity index (χ1n) is 10.6. The van der Waals surface area contributed by atoms with Crippen LogP contribution in [-0.2, 0) is 21.3 Å². The molecule has 34 heavy (non-hydrogen) atoms. The summed E-state index contributed by atoms with van der Waals surface area (Å²) in [5.74, 6) is -0.544. The molecule has 9 heteroatoms. The molecule has 0 fully saturated rings. The number of thiophene rings is 1. The molecule has 2 heterocycles. The Bertz CT molecular complexity index is 1470. The van der Waals surface area contributed by atoms with Gasteiger partial charge < -0.3 is 9.64 Å². The molecule has 0 N–H and O–H groups in total. The number of carbonyl (C=O) groups excluding carboxylic acids is 1. The van der Waals surface area contributed by atoms with Crippen molar-refractivity contribution in [1.82, 2.24) is 8.87 Å². The third kappa shape index (κ3) is 4.71. The molecule has 0 aliphatic heterocycles. The van der Waals surface area contributed by atoms with Gasteiger partial charge in [0, 0.05) is 28.9 Å². The molecule has 0 aliphatic carbocycles. The first-order valence-corrected chi connectivity index (χ1v) is 12.9. The van der Waals surface area contributed by atoms with Crippen LogP contribution in [0.4, 0.5) is 9.18 Å². The molecule has 4 rings (SSSR count). The van der Waals surface area contributed by atoms with Crippen LogP contribution in [0.25, 0.3) is 21.3 Å². The van der Waals surface area contributed by atoms with E-state index in [-0.39, 0.29) is 22.7 Å². The van der Waals surface area contributed by atoms with Gasteiger partial charge in [0.25, 0.3) is 10.0 Å². The van der Waals surface area contributed by atoms with Gasteiger partial charge in [-0.25, -0.2) is 21.6 Å². The Morgan fingerprint density at radius 2 is 1.85 bits per heavy atom.